The molecular weight excluding hydrogens is 602 g/mol. The fourth-order valence-corrected chi connectivity index (χ4v) is 5.83. The fourth-order valence-electron chi connectivity index (χ4n) is 4.31. The van der Waals surface area contributed by atoms with Gasteiger partial charge in [-0.05, 0) is 43.7 Å². The predicted octanol–water partition coefficient (Wildman–Crippen LogP) is 2.22. The number of hydrogen-bond acceptors (Lipinski definition) is 10. The number of rotatable bonds is 11. The van der Waals surface area contributed by atoms with Crippen LogP contribution in [0.1, 0.15) is 27.0 Å². The summed E-state index contributed by atoms with van der Waals surface area (Å²) >= 11 is 0. The van der Waals surface area contributed by atoms with E-state index < -0.39 is 80.0 Å². The van der Waals surface area contributed by atoms with Gasteiger partial charge in [-0.2, -0.15) is 9.48 Å². The summed E-state index contributed by atoms with van der Waals surface area (Å²) in [6, 6.07) is 10.2. The zero-order valence-electron chi connectivity index (χ0n) is 23.0. The molecule has 17 heteroatoms. The van der Waals surface area contributed by atoms with E-state index in [9.17, 15) is 42.3 Å². The van der Waals surface area contributed by atoms with Crippen molar-refractivity contribution in [1.82, 2.24) is 14.6 Å². The van der Waals surface area contributed by atoms with Crippen LogP contribution in [-0.4, -0.2) is 68.7 Å². The van der Waals surface area contributed by atoms with Gasteiger partial charge in [-0.25, -0.2) is 18.1 Å². The monoisotopic (exact) mass is 631 g/mol. The highest BCUT2D eigenvalue weighted by atomic mass is 31.2. The number of ether oxygens (including phenoxy) is 2. The van der Waals surface area contributed by atoms with Crippen molar-refractivity contribution in [2.45, 2.75) is 63.4 Å². The van der Waals surface area contributed by atoms with Gasteiger partial charge in [-0.3, -0.25) is 23.7 Å². The molecule has 2 aromatic carbocycles. The Bertz CT molecular complexity index is 1650. The number of carbonyl (C=O) groups is 1. The second-order valence-electron chi connectivity index (χ2n) is 10.1. The quantitative estimate of drug-likeness (QED) is 0.180. The average Bonchev–Trinajstić information content (AvgIpc) is 3.19. The zero-order valence-corrected chi connectivity index (χ0v) is 23.9. The van der Waals surface area contributed by atoms with E-state index in [-0.39, 0.29) is 10.3 Å². The molecule has 1 fully saturated rings. The molecule has 0 radical (unpaired) electrons. The first-order chi connectivity index (χ1) is 20.2. The number of fused-ring (bicyclic) bond motifs is 1. The minimum absolute atomic E-state index is 0.0499. The number of aromatic amines is 1. The number of carbonyl (C=O) groups excluding carboxylic acids is 1. The summed E-state index contributed by atoms with van der Waals surface area (Å²) in [4.78, 5) is 37.6. The van der Waals surface area contributed by atoms with Gasteiger partial charge in [0.2, 0.25) is 5.82 Å². The molecule has 4 N–H and O–H groups in total. The lowest BCUT2D eigenvalue weighted by molar-refractivity contribution is -0.193. The van der Waals surface area contributed by atoms with Crippen molar-refractivity contribution in [3.8, 4) is 5.75 Å². The molecule has 1 aromatic heterocycles. The van der Waals surface area contributed by atoms with E-state index in [1.807, 2.05) is 0 Å². The summed E-state index contributed by atoms with van der Waals surface area (Å²) in [6.45, 7) is 2.96. The second-order valence-corrected chi connectivity index (χ2v) is 11.7. The van der Waals surface area contributed by atoms with E-state index in [4.69, 9.17) is 18.5 Å². The van der Waals surface area contributed by atoms with Crippen LogP contribution in [0, 0.1) is 5.82 Å². The van der Waals surface area contributed by atoms with E-state index >= 15 is 0 Å². The molecule has 1 aliphatic rings. The number of H-pyrrole nitrogens is 1. The summed E-state index contributed by atoms with van der Waals surface area (Å²) in [7, 11) is -4.80. The number of esters is 1. The average molecular weight is 631 g/mol. The molecule has 1 aliphatic heterocycles. The highest BCUT2D eigenvalue weighted by Crippen LogP contribution is 2.49. The number of benzene rings is 2. The maximum atomic E-state index is 14.5. The molecular formula is C26H29F3N3O10P. The lowest BCUT2D eigenvalue weighted by Gasteiger charge is -2.32. The molecule has 43 heavy (non-hydrogen) atoms. The van der Waals surface area contributed by atoms with Crippen molar-refractivity contribution in [1.29, 1.82) is 0 Å². The molecule has 0 spiro atoms. The number of aliphatic hydroxyl groups excluding tert-OH is 2. The van der Waals surface area contributed by atoms with Crippen LogP contribution in [0.4, 0.5) is 13.2 Å². The molecule has 4 rings (SSSR count). The zero-order chi connectivity index (χ0) is 31.7. The Morgan fingerprint density at radius 2 is 1.84 bits per heavy atom. The molecule has 2 heterocycles. The first-order valence-electron chi connectivity index (χ1n) is 12.9. The van der Waals surface area contributed by atoms with E-state index in [1.165, 1.54) is 19.1 Å². The van der Waals surface area contributed by atoms with Crippen molar-refractivity contribution in [3.05, 3.63) is 75.3 Å². The molecule has 0 saturated carbocycles. The third-order valence-corrected chi connectivity index (χ3v) is 8.11. The third kappa shape index (κ3) is 6.84. The number of alkyl halides is 2. The SMILES string of the molecule is CC(C)OC(=O)[C@H](C)N[P@](=O)(OC[C@@]1(C(F)F)O[C@@H](n2cc(F)c(=O)[nH]c2=O)[C@H](O)[C@@H]1O)Oc1ccc2ccccc2c1. The standard InChI is InChI=1S/C26H29F3N3O10P/c1-13(2)40-23(36)14(3)31-43(38,42-17-9-8-15-6-4-5-7-16(15)10-17)39-12-26(24(28)29)20(34)19(33)22(41-26)32-11-18(27)21(35)30-25(32)37/h4-11,13-14,19-20,22,24,33-34H,12H2,1-3H3,(H,31,38)(H,30,35,37)/t14-,19+,20-,22+,26+,43-/m0/s1. The van der Waals surface area contributed by atoms with Crippen LogP contribution in [0.3, 0.4) is 0 Å². The van der Waals surface area contributed by atoms with Crippen molar-refractivity contribution >= 4 is 24.5 Å². The Labute approximate surface area is 241 Å². The van der Waals surface area contributed by atoms with Gasteiger partial charge in [0.15, 0.2) is 11.8 Å². The summed E-state index contributed by atoms with van der Waals surface area (Å²) in [6.07, 6.45) is -10.8. The van der Waals surface area contributed by atoms with E-state index in [2.05, 4.69) is 5.09 Å². The summed E-state index contributed by atoms with van der Waals surface area (Å²) in [5.41, 5.74) is -5.90. The van der Waals surface area contributed by atoms with Gasteiger partial charge in [0, 0.05) is 0 Å². The highest BCUT2D eigenvalue weighted by molar-refractivity contribution is 7.52. The molecule has 0 unspecified atom stereocenters. The molecule has 0 aliphatic carbocycles. The molecule has 0 amide bonds. The minimum Gasteiger partial charge on any atom is -0.462 e. The largest absolute Gasteiger partial charge is 0.462 e. The summed E-state index contributed by atoms with van der Waals surface area (Å²) in [5.74, 6) is -2.43. The van der Waals surface area contributed by atoms with Gasteiger partial charge >= 0.3 is 19.4 Å². The molecule has 13 nitrogen and oxygen atoms in total. The van der Waals surface area contributed by atoms with Gasteiger partial charge in [-0.15, -0.1) is 0 Å². The Kier molecular flexibility index (Phi) is 9.49. The van der Waals surface area contributed by atoms with Crippen molar-refractivity contribution in [2.75, 3.05) is 6.61 Å². The smallest absolute Gasteiger partial charge is 0.459 e. The molecule has 3 aromatic rings. The Morgan fingerprint density at radius 1 is 1.16 bits per heavy atom. The second kappa shape index (κ2) is 12.6. The Hall–Kier alpha value is -3.53. The Morgan fingerprint density at radius 3 is 2.49 bits per heavy atom. The minimum atomic E-state index is -4.80. The van der Waals surface area contributed by atoms with Gasteiger partial charge in [0.05, 0.1) is 18.9 Å². The van der Waals surface area contributed by atoms with Gasteiger partial charge in [0.1, 0.15) is 24.0 Å². The highest BCUT2D eigenvalue weighted by Gasteiger charge is 2.61. The lowest BCUT2D eigenvalue weighted by atomic mass is 9.96. The molecule has 0 bridgehead atoms. The Balaban J connectivity index is 1.66. The topological polar surface area (TPSA) is 178 Å². The maximum absolute atomic E-state index is 14.5. The molecule has 6 atom stereocenters. The number of nitrogens with one attached hydrogen (secondary N) is 2. The predicted molar refractivity (Wildman–Crippen MR) is 144 cm³/mol. The maximum Gasteiger partial charge on any atom is 0.459 e. The van der Waals surface area contributed by atoms with Crippen LogP contribution in [-0.2, 0) is 23.4 Å². The number of aromatic nitrogens is 2. The van der Waals surface area contributed by atoms with Crippen LogP contribution in [0.2, 0.25) is 0 Å². The van der Waals surface area contributed by atoms with Gasteiger partial charge < -0.3 is 24.2 Å². The van der Waals surface area contributed by atoms with E-state index in [1.54, 1.807) is 49.2 Å². The number of aliphatic hydroxyl groups is 2. The van der Waals surface area contributed by atoms with Crippen LogP contribution in [0.15, 0.2) is 58.3 Å². The van der Waals surface area contributed by atoms with E-state index in [0.717, 1.165) is 5.39 Å². The van der Waals surface area contributed by atoms with Crippen LogP contribution in [0.25, 0.3) is 10.8 Å². The van der Waals surface area contributed by atoms with Gasteiger partial charge in [-0.1, -0.05) is 30.3 Å². The molecule has 1 saturated heterocycles. The van der Waals surface area contributed by atoms with Crippen molar-refractivity contribution < 1.29 is 51.3 Å². The van der Waals surface area contributed by atoms with Crippen LogP contribution >= 0.6 is 7.75 Å². The number of nitrogens with zero attached hydrogens (tertiary/aromatic N) is 1. The number of halogens is 3. The first kappa shape index (κ1) is 32.4. The fraction of sp³-hybridized carbons (Fsp3) is 0.423. The normalized spacial score (nSPS) is 24.3. The van der Waals surface area contributed by atoms with E-state index in [0.29, 0.717) is 11.6 Å². The van der Waals surface area contributed by atoms with Gasteiger partial charge in [0.25, 0.3) is 12.0 Å². The lowest BCUT2D eigenvalue weighted by Crippen LogP contribution is -2.53. The number of hydrogen-bond donors (Lipinski definition) is 4. The van der Waals surface area contributed by atoms with Crippen LogP contribution < -0.4 is 20.9 Å². The first-order valence-corrected chi connectivity index (χ1v) is 14.4. The van der Waals surface area contributed by atoms with Crippen molar-refractivity contribution in [2.24, 2.45) is 0 Å². The van der Waals surface area contributed by atoms with Crippen molar-refractivity contribution in [3.63, 3.8) is 0 Å². The summed E-state index contributed by atoms with van der Waals surface area (Å²) < 4.78 is 78.4. The summed E-state index contributed by atoms with van der Waals surface area (Å²) in [5, 5.41) is 25.0. The molecule has 234 valence electrons. The third-order valence-electron chi connectivity index (χ3n) is 6.49. The van der Waals surface area contributed by atoms with Crippen LogP contribution in [0.5, 0.6) is 5.75 Å².